The monoisotopic (exact) mass is 421 g/mol. The molecule has 0 spiro atoms. The summed E-state index contributed by atoms with van der Waals surface area (Å²) in [6, 6.07) is 8.56. The lowest BCUT2D eigenvalue weighted by molar-refractivity contribution is -0.104. The predicted octanol–water partition coefficient (Wildman–Crippen LogP) is 4.26. The number of allylic oxidation sites excluding steroid dienone is 4. The van der Waals surface area contributed by atoms with Gasteiger partial charge in [-0.15, -0.1) is 0 Å². The number of rotatable bonds is 5. The smallest absolute Gasteiger partial charge is 0.266 e. The summed E-state index contributed by atoms with van der Waals surface area (Å²) in [6.07, 6.45) is 8.81. The number of methoxy groups -OCH3 is 1. The minimum Gasteiger partial charge on any atom is -0.497 e. The molecule has 154 valence electrons. The van der Waals surface area contributed by atoms with Crippen LogP contribution in [0.1, 0.15) is 12.8 Å². The van der Waals surface area contributed by atoms with Gasteiger partial charge in [-0.3, -0.25) is 9.10 Å². The minimum absolute atomic E-state index is 0.333. The molecule has 1 aliphatic rings. The van der Waals surface area contributed by atoms with Crippen molar-refractivity contribution in [1.29, 1.82) is 0 Å². The van der Waals surface area contributed by atoms with E-state index in [2.05, 4.69) is 0 Å². The first-order valence-electron chi connectivity index (χ1n) is 8.69. The standard InChI is InChI=1S/C14H13F2NO3S.C7H8O/c1-17(11-4-6-12(20-2)7-5-11)21(18,19)14-8-3-10(15)9-13(14)16;8-6-7-4-2-1-3-5-7/h3-9H,1-2H3;2,4-6H,1,3H2. The molecule has 0 unspecified atom stereocenters. The van der Waals surface area contributed by atoms with Crippen molar-refractivity contribution in [3.63, 3.8) is 0 Å². The minimum atomic E-state index is -4.11. The van der Waals surface area contributed by atoms with Gasteiger partial charge in [-0.05, 0) is 49.2 Å². The van der Waals surface area contributed by atoms with E-state index < -0.39 is 26.6 Å². The van der Waals surface area contributed by atoms with Crippen LogP contribution in [0.2, 0.25) is 0 Å². The lowest BCUT2D eigenvalue weighted by atomic mass is 10.1. The highest BCUT2D eigenvalue weighted by Crippen LogP contribution is 2.25. The van der Waals surface area contributed by atoms with Gasteiger partial charge in [0.25, 0.3) is 10.0 Å². The molecule has 2 aromatic carbocycles. The molecule has 0 amide bonds. The first-order chi connectivity index (χ1) is 13.8. The van der Waals surface area contributed by atoms with Crippen LogP contribution in [0.25, 0.3) is 0 Å². The molecule has 5 nitrogen and oxygen atoms in total. The summed E-state index contributed by atoms with van der Waals surface area (Å²) >= 11 is 0. The van der Waals surface area contributed by atoms with Gasteiger partial charge in [-0.2, -0.15) is 0 Å². The van der Waals surface area contributed by atoms with Gasteiger partial charge in [-0.25, -0.2) is 17.2 Å². The zero-order valence-electron chi connectivity index (χ0n) is 16.0. The molecule has 3 rings (SSSR count). The summed E-state index contributed by atoms with van der Waals surface area (Å²) < 4.78 is 57.2. The van der Waals surface area contributed by atoms with Crippen molar-refractivity contribution in [2.24, 2.45) is 0 Å². The van der Waals surface area contributed by atoms with Crippen molar-refractivity contribution in [2.75, 3.05) is 18.5 Å². The highest BCUT2D eigenvalue weighted by Gasteiger charge is 2.25. The lowest BCUT2D eigenvalue weighted by Gasteiger charge is -2.20. The zero-order valence-corrected chi connectivity index (χ0v) is 16.8. The normalized spacial score (nSPS) is 13.0. The van der Waals surface area contributed by atoms with Gasteiger partial charge in [0.1, 0.15) is 28.6 Å². The third-order valence-corrected chi connectivity index (χ3v) is 5.95. The maximum absolute atomic E-state index is 13.7. The van der Waals surface area contributed by atoms with Crippen LogP contribution in [-0.2, 0) is 14.8 Å². The Morgan fingerprint density at radius 2 is 1.76 bits per heavy atom. The van der Waals surface area contributed by atoms with Crippen LogP contribution in [0.5, 0.6) is 5.75 Å². The molecule has 0 aromatic heterocycles. The molecule has 0 fully saturated rings. The molecule has 0 aliphatic heterocycles. The second kappa shape index (κ2) is 9.97. The molecule has 8 heteroatoms. The number of halogens is 2. The summed E-state index contributed by atoms with van der Waals surface area (Å²) in [5.41, 5.74) is 1.15. The maximum Gasteiger partial charge on any atom is 0.266 e. The average Bonchev–Trinajstić information content (AvgIpc) is 2.74. The topological polar surface area (TPSA) is 63.7 Å². The Kier molecular flexibility index (Phi) is 7.67. The highest BCUT2D eigenvalue weighted by molar-refractivity contribution is 7.92. The number of benzene rings is 2. The molecule has 0 radical (unpaired) electrons. The molecule has 0 saturated heterocycles. The molecule has 0 heterocycles. The number of aldehydes is 1. The Balaban J connectivity index is 0.000000313. The van der Waals surface area contributed by atoms with E-state index in [0.29, 0.717) is 17.5 Å². The Morgan fingerprint density at radius 1 is 1.07 bits per heavy atom. The molecule has 2 aromatic rings. The maximum atomic E-state index is 13.7. The van der Waals surface area contributed by atoms with E-state index in [1.54, 1.807) is 12.1 Å². The van der Waals surface area contributed by atoms with Crippen molar-refractivity contribution < 1.29 is 26.7 Å². The van der Waals surface area contributed by atoms with Crippen LogP contribution in [0, 0.1) is 11.6 Å². The zero-order chi connectivity index (χ0) is 21.4. The van der Waals surface area contributed by atoms with Crippen LogP contribution in [0.3, 0.4) is 0 Å². The fourth-order valence-corrected chi connectivity index (χ4v) is 3.72. The van der Waals surface area contributed by atoms with Gasteiger partial charge in [0.05, 0.1) is 12.8 Å². The number of carbonyl (C=O) groups excluding carboxylic acids is 1. The van der Waals surface area contributed by atoms with Crippen molar-refractivity contribution >= 4 is 22.0 Å². The van der Waals surface area contributed by atoms with Gasteiger partial charge < -0.3 is 4.74 Å². The van der Waals surface area contributed by atoms with Crippen molar-refractivity contribution in [3.05, 3.63) is 77.9 Å². The predicted molar refractivity (Wildman–Crippen MR) is 107 cm³/mol. The van der Waals surface area contributed by atoms with E-state index in [4.69, 9.17) is 4.74 Å². The average molecular weight is 421 g/mol. The number of nitrogens with zero attached hydrogens (tertiary/aromatic N) is 1. The third kappa shape index (κ3) is 5.74. The van der Waals surface area contributed by atoms with Crippen molar-refractivity contribution in [2.45, 2.75) is 17.7 Å². The largest absolute Gasteiger partial charge is 0.497 e. The number of hydrogen-bond acceptors (Lipinski definition) is 4. The highest BCUT2D eigenvalue weighted by atomic mass is 32.2. The van der Waals surface area contributed by atoms with E-state index >= 15 is 0 Å². The second-order valence-corrected chi connectivity index (χ2v) is 7.98. The van der Waals surface area contributed by atoms with Gasteiger partial charge in [0.15, 0.2) is 0 Å². The van der Waals surface area contributed by atoms with E-state index in [0.717, 1.165) is 41.1 Å². The fraction of sp³-hybridized carbons (Fsp3) is 0.190. The quantitative estimate of drug-likeness (QED) is 0.677. The van der Waals surface area contributed by atoms with Crippen molar-refractivity contribution in [3.8, 4) is 5.75 Å². The number of ether oxygens (including phenoxy) is 1. The Morgan fingerprint density at radius 3 is 2.24 bits per heavy atom. The first-order valence-corrected chi connectivity index (χ1v) is 10.1. The molecular weight excluding hydrogens is 400 g/mol. The van der Waals surface area contributed by atoms with Gasteiger partial charge >= 0.3 is 0 Å². The van der Waals surface area contributed by atoms with E-state index in [9.17, 15) is 22.0 Å². The van der Waals surface area contributed by atoms with Gasteiger partial charge in [0.2, 0.25) is 0 Å². The molecule has 0 atom stereocenters. The number of anilines is 1. The SMILES string of the molecule is COc1ccc(N(C)S(=O)(=O)c2ccc(F)cc2F)cc1.O=CC1=CCCC=C1. The van der Waals surface area contributed by atoms with Crippen LogP contribution in [-0.4, -0.2) is 28.9 Å². The van der Waals surface area contributed by atoms with Crippen LogP contribution in [0.4, 0.5) is 14.5 Å². The van der Waals surface area contributed by atoms with Crippen LogP contribution >= 0.6 is 0 Å². The lowest BCUT2D eigenvalue weighted by Crippen LogP contribution is -2.27. The van der Waals surface area contributed by atoms with Crippen molar-refractivity contribution in [1.82, 2.24) is 0 Å². The molecule has 0 N–H and O–H groups in total. The molecule has 0 saturated carbocycles. The Labute approximate surface area is 169 Å². The van der Waals surface area contributed by atoms with E-state index in [1.807, 2.05) is 18.2 Å². The summed E-state index contributed by atoms with van der Waals surface area (Å²) in [5.74, 6) is -1.40. The number of sulfonamides is 1. The number of hydrogen-bond donors (Lipinski definition) is 0. The molecule has 0 bridgehead atoms. The molecule has 29 heavy (non-hydrogen) atoms. The number of carbonyl (C=O) groups is 1. The van der Waals surface area contributed by atoms with E-state index in [1.165, 1.54) is 26.3 Å². The van der Waals surface area contributed by atoms with Crippen LogP contribution in [0.15, 0.2) is 71.2 Å². The summed E-state index contributed by atoms with van der Waals surface area (Å²) in [4.78, 5) is 9.46. The van der Waals surface area contributed by atoms with Crippen LogP contribution < -0.4 is 9.04 Å². The molecule has 1 aliphatic carbocycles. The summed E-state index contributed by atoms with van der Waals surface area (Å²) in [5, 5.41) is 0. The third-order valence-electron chi connectivity index (χ3n) is 4.13. The Bertz CT molecular complexity index is 1020. The second-order valence-electron chi connectivity index (χ2n) is 6.05. The summed E-state index contributed by atoms with van der Waals surface area (Å²) in [7, 11) is -1.33. The van der Waals surface area contributed by atoms with Gasteiger partial charge in [0, 0.05) is 18.7 Å². The summed E-state index contributed by atoms with van der Waals surface area (Å²) in [6.45, 7) is 0. The first kappa shape index (κ1) is 22.3. The Hall–Kier alpha value is -3.00. The van der Waals surface area contributed by atoms with E-state index in [-0.39, 0.29) is 0 Å². The fourth-order valence-electron chi connectivity index (χ4n) is 2.48. The van der Waals surface area contributed by atoms with Gasteiger partial charge in [-0.1, -0.05) is 18.2 Å². The molecular formula is C21H21F2NO4S.